The largest absolute Gasteiger partial charge is 0.490 e. The zero-order valence-electron chi connectivity index (χ0n) is 13.2. The molecule has 0 unspecified atom stereocenters. The fraction of sp³-hybridized carbons (Fsp3) is 0.158. The third kappa shape index (κ3) is 4.51. The molecule has 2 rings (SSSR count). The van der Waals surface area contributed by atoms with Gasteiger partial charge in [-0.05, 0) is 35.9 Å². The van der Waals surface area contributed by atoms with Gasteiger partial charge in [0, 0.05) is 7.11 Å². The Kier molecular flexibility index (Phi) is 6.23. The molecular formula is C19H16FNO3. The second-order valence-corrected chi connectivity index (χ2v) is 4.89. The number of methoxy groups -OCH3 is 1. The van der Waals surface area contributed by atoms with Gasteiger partial charge in [0.05, 0.1) is 23.8 Å². The highest BCUT2D eigenvalue weighted by Gasteiger charge is 2.15. The van der Waals surface area contributed by atoms with E-state index in [1.54, 1.807) is 24.3 Å². The number of nitriles is 1. The van der Waals surface area contributed by atoms with Crippen LogP contribution in [-0.4, -0.2) is 26.1 Å². The van der Waals surface area contributed by atoms with Crippen molar-refractivity contribution in [3.8, 4) is 11.8 Å². The van der Waals surface area contributed by atoms with E-state index in [0.29, 0.717) is 17.7 Å². The summed E-state index contributed by atoms with van der Waals surface area (Å²) in [6, 6.07) is 13.0. The maximum atomic E-state index is 14.0. The molecule has 2 aromatic rings. The molecular weight excluding hydrogens is 309 g/mol. The topological polar surface area (TPSA) is 59.3 Å². The molecule has 0 atom stereocenters. The molecule has 2 aromatic carbocycles. The first-order valence-corrected chi connectivity index (χ1v) is 7.28. The number of carbonyl (C=O) groups excluding carboxylic acids is 1. The maximum Gasteiger partial charge on any atom is 0.192 e. The van der Waals surface area contributed by atoms with Crippen molar-refractivity contribution in [3.63, 3.8) is 0 Å². The van der Waals surface area contributed by atoms with Crippen molar-refractivity contribution in [2.75, 3.05) is 20.3 Å². The van der Waals surface area contributed by atoms with Crippen molar-refractivity contribution in [2.45, 2.75) is 0 Å². The minimum Gasteiger partial charge on any atom is -0.490 e. The first-order valence-electron chi connectivity index (χ1n) is 7.28. The summed E-state index contributed by atoms with van der Waals surface area (Å²) in [6.45, 7) is 0.551. The molecule has 0 spiro atoms. The van der Waals surface area contributed by atoms with Crippen LogP contribution in [0.4, 0.5) is 4.39 Å². The number of allylic oxidation sites excluding steroid dienone is 1. The summed E-state index contributed by atoms with van der Waals surface area (Å²) < 4.78 is 24.3. The number of ether oxygens (including phenoxy) is 2. The third-order valence-electron chi connectivity index (χ3n) is 3.21. The molecule has 0 bridgehead atoms. The lowest BCUT2D eigenvalue weighted by Crippen LogP contribution is -2.09. The van der Waals surface area contributed by atoms with Gasteiger partial charge in [0.15, 0.2) is 5.78 Å². The van der Waals surface area contributed by atoms with E-state index in [9.17, 15) is 9.18 Å². The number of nitrogens with zero attached hydrogens (tertiary/aromatic N) is 1. The highest BCUT2D eigenvalue weighted by atomic mass is 19.1. The fourth-order valence-electron chi connectivity index (χ4n) is 2.07. The van der Waals surface area contributed by atoms with E-state index in [4.69, 9.17) is 14.7 Å². The van der Waals surface area contributed by atoms with Crippen LogP contribution in [0.25, 0.3) is 6.08 Å². The van der Waals surface area contributed by atoms with Crippen molar-refractivity contribution >= 4 is 11.9 Å². The summed E-state index contributed by atoms with van der Waals surface area (Å²) in [6.07, 6.45) is 2.80. The minimum absolute atomic E-state index is 0.124. The second kappa shape index (κ2) is 8.61. The molecule has 0 fully saturated rings. The molecule has 5 heteroatoms. The van der Waals surface area contributed by atoms with Gasteiger partial charge in [0.2, 0.25) is 0 Å². The van der Waals surface area contributed by atoms with Gasteiger partial charge in [-0.2, -0.15) is 5.26 Å². The van der Waals surface area contributed by atoms with Crippen molar-refractivity contribution < 1.29 is 18.7 Å². The highest BCUT2D eigenvalue weighted by molar-refractivity contribution is 6.08. The molecule has 0 aliphatic carbocycles. The molecule has 0 saturated carbocycles. The Morgan fingerprint density at radius 1 is 1.25 bits per heavy atom. The van der Waals surface area contributed by atoms with Gasteiger partial charge < -0.3 is 9.47 Å². The Morgan fingerprint density at radius 3 is 2.79 bits per heavy atom. The number of ketones is 1. The molecule has 0 radical (unpaired) electrons. The fourth-order valence-corrected chi connectivity index (χ4v) is 2.07. The molecule has 24 heavy (non-hydrogen) atoms. The van der Waals surface area contributed by atoms with Gasteiger partial charge in [0.1, 0.15) is 18.2 Å². The van der Waals surface area contributed by atoms with E-state index >= 15 is 0 Å². The lowest BCUT2D eigenvalue weighted by Gasteiger charge is -2.10. The number of halogens is 1. The Bertz CT molecular complexity index is 793. The van der Waals surface area contributed by atoms with Crippen molar-refractivity contribution in [3.05, 3.63) is 71.0 Å². The van der Waals surface area contributed by atoms with E-state index in [1.807, 2.05) is 6.07 Å². The van der Waals surface area contributed by atoms with E-state index in [-0.39, 0.29) is 17.9 Å². The number of benzene rings is 2. The summed E-state index contributed by atoms with van der Waals surface area (Å²) in [5.41, 5.74) is 1.04. The highest BCUT2D eigenvalue weighted by Crippen LogP contribution is 2.23. The lowest BCUT2D eigenvalue weighted by atomic mass is 10.1. The van der Waals surface area contributed by atoms with Crippen molar-refractivity contribution in [1.82, 2.24) is 0 Å². The number of rotatable bonds is 7. The number of hydrogen-bond donors (Lipinski definition) is 0. The number of carbonyl (C=O) groups is 1. The van der Waals surface area contributed by atoms with Crippen LogP contribution in [0.15, 0.2) is 48.5 Å². The Balaban J connectivity index is 2.22. The summed E-state index contributed by atoms with van der Waals surface area (Å²) in [4.78, 5) is 12.3. The minimum atomic E-state index is -0.648. The monoisotopic (exact) mass is 325 g/mol. The van der Waals surface area contributed by atoms with E-state index in [1.165, 1.54) is 37.5 Å². The van der Waals surface area contributed by atoms with Crippen LogP contribution in [0.5, 0.6) is 5.75 Å². The zero-order chi connectivity index (χ0) is 17.4. The molecule has 0 aliphatic rings. The van der Waals surface area contributed by atoms with Crippen LogP contribution >= 0.6 is 0 Å². The third-order valence-corrected chi connectivity index (χ3v) is 3.21. The lowest BCUT2D eigenvalue weighted by molar-refractivity contribution is 0.103. The van der Waals surface area contributed by atoms with Gasteiger partial charge >= 0.3 is 0 Å². The summed E-state index contributed by atoms with van der Waals surface area (Å²) >= 11 is 0. The first kappa shape index (κ1) is 17.4. The van der Waals surface area contributed by atoms with E-state index in [0.717, 1.165) is 0 Å². The SMILES string of the molecule is COCCOc1cccc(F)c1C(=O)/C=C\c1cccc(C#N)c1. The van der Waals surface area contributed by atoms with Crippen LogP contribution in [0, 0.1) is 17.1 Å². The molecule has 0 saturated heterocycles. The Hall–Kier alpha value is -2.97. The molecule has 0 N–H and O–H groups in total. The smallest absolute Gasteiger partial charge is 0.192 e. The molecule has 4 nitrogen and oxygen atoms in total. The predicted molar refractivity (Wildman–Crippen MR) is 88.3 cm³/mol. The molecule has 0 amide bonds. The average Bonchev–Trinajstić information content (AvgIpc) is 2.60. The van der Waals surface area contributed by atoms with Crippen LogP contribution in [-0.2, 0) is 4.74 Å². The zero-order valence-corrected chi connectivity index (χ0v) is 13.2. The summed E-state index contributed by atoms with van der Waals surface area (Å²) in [5, 5.41) is 8.88. The van der Waals surface area contributed by atoms with E-state index < -0.39 is 11.6 Å². The van der Waals surface area contributed by atoms with Crippen molar-refractivity contribution in [1.29, 1.82) is 5.26 Å². The van der Waals surface area contributed by atoms with Gasteiger partial charge in [-0.25, -0.2) is 4.39 Å². The molecule has 0 aromatic heterocycles. The van der Waals surface area contributed by atoms with Crippen LogP contribution in [0.3, 0.4) is 0 Å². The Labute approximate surface area is 139 Å². The van der Waals surface area contributed by atoms with Gasteiger partial charge in [0.25, 0.3) is 0 Å². The molecule has 122 valence electrons. The van der Waals surface area contributed by atoms with Crippen LogP contribution in [0.1, 0.15) is 21.5 Å². The normalized spacial score (nSPS) is 10.5. The Morgan fingerprint density at radius 2 is 2.04 bits per heavy atom. The molecule has 0 heterocycles. The predicted octanol–water partition coefficient (Wildman–Crippen LogP) is 3.62. The summed E-state index contributed by atoms with van der Waals surface area (Å²) in [5.74, 6) is -0.985. The second-order valence-electron chi connectivity index (χ2n) is 4.89. The standard InChI is InChI=1S/C19H16FNO3/c1-23-10-11-24-18-7-3-6-16(20)19(18)17(22)9-8-14-4-2-5-15(12-14)13-21/h2-9,12H,10-11H2,1H3/b9-8-. The van der Waals surface area contributed by atoms with Gasteiger partial charge in [-0.3, -0.25) is 4.79 Å². The van der Waals surface area contributed by atoms with Crippen LogP contribution in [0.2, 0.25) is 0 Å². The molecule has 0 aliphatic heterocycles. The quantitative estimate of drug-likeness (QED) is 0.443. The maximum absolute atomic E-state index is 14.0. The van der Waals surface area contributed by atoms with Gasteiger partial charge in [-0.1, -0.05) is 24.3 Å². The van der Waals surface area contributed by atoms with Crippen molar-refractivity contribution in [2.24, 2.45) is 0 Å². The first-order chi connectivity index (χ1) is 11.7. The summed E-state index contributed by atoms with van der Waals surface area (Å²) in [7, 11) is 1.53. The van der Waals surface area contributed by atoms with E-state index in [2.05, 4.69) is 0 Å². The van der Waals surface area contributed by atoms with Gasteiger partial charge in [-0.15, -0.1) is 0 Å². The van der Waals surface area contributed by atoms with Crippen LogP contribution < -0.4 is 4.74 Å². The number of hydrogen-bond acceptors (Lipinski definition) is 4. The average molecular weight is 325 g/mol.